The van der Waals surface area contributed by atoms with Crippen molar-refractivity contribution in [1.82, 2.24) is 4.98 Å². The molecule has 16 heavy (non-hydrogen) atoms. The molecule has 1 aliphatic rings. The first-order valence-electron chi connectivity index (χ1n) is 5.29. The molecule has 86 valence electrons. The fourth-order valence-corrected chi connectivity index (χ4v) is 1.67. The van der Waals surface area contributed by atoms with Gasteiger partial charge in [-0.15, -0.1) is 0 Å². The summed E-state index contributed by atoms with van der Waals surface area (Å²) in [5.41, 5.74) is 0.199. The van der Waals surface area contributed by atoms with Crippen molar-refractivity contribution in [3.63, 3.8) is 0 Å². The smallest absolute Gasteiger partial charge is 0.337 e. The maximum Gasteiger partial charge on any atom is 0.337 e. The molecule has 1 aliphatic heterocycles. The zero-order chi connectivity index (χ0) is 11.4. The molecule has 1 aromatic rings. The number of hydrogen-bond donors (Lipinski definition) is 2. The van der Waals surface area contributed by atoms with E-state index in [2.05, 4.69) is 10.3 Å². The van der Waals surface area contributed by atoms with Gasteiger partial charge in [0.25, 0.3) is 0 Å². The number of ether oxygens (including phenoxy) is 1. The molecule has 2 rings (SSSR count). The summed E-state index contributed by atoms with van der Waals surface area (Å²) in [7, 11) is 0. The fraction of sp³-hybridized carbons (Fsp3) is 0.455. The Morgan fingerprint density at radius 1 is 1.56 bits per heavy atom. The van der Waals surface area contributed by atoms with Crippen LogP contribution in [0, 0.1) is 0 Å². The first kappa shape index (κ1) is 10.9. The van der Waals surface area contributed by atoms with Crippen molar-refractivity contribution in [2.45, 2.75) is 18.9 Å². The van der Waals surface area contributed by atoms with E-state index in [1.54, 1.807) is 12.1 Å². The first-order chi connectivity index (χ1) is 7.75. The highest BCUT2D eigenvalue weighted by molar-refractivity contribution is 5.87. The van der Waals surface area contributed by atoms with E-state index in [9.17, 15) is 4.79 Å². The first-order valence-corrected chi connectivity index (χ1v) is 5.29. The number of rotatable bonds is 3. The molecular weight excluding hydrogens is 208 g/mol. The van der Waals surface area contributed by atoms with Crippen molar-refractivity contribution in [1.29, 1.82) is 0 Å². The molecule has 0 radical (unpaired) electrons. The number of carboxylic acid groups (broad SMARTS) is 1. The summed E-state index contributed by atoms with van der Waals surface area (Å²) in [4.78, 5) is 14.7. The van der Waals surface area contributed by atoms with E-state index in [0.29, 0.717) is 12.4 Å². The number of pyridine rings is 1. The molecule has 5 nitrogen and oxygen atoms in total. The number of nitrogens with zero attached hydrogens (tertiary/aromatic N) is 1. The number of hydrogen-bond acceptors (Lipinski definition) is 4. The molecule has 0 aliphatic carbocycles. The van der Waals surface area contributed by atoms with Gasteiger partial charge in [0, 0.05) is 12.8 Å². The topological polar surface area (TPSA) is 71.5 Å². The van der Waals surface area contributed by atoms with Gasteiger partial charge >= 0.3 is 5.97 Å². The average Bonchev–Trinajstić information content (AvgIpc) is 2.31. The lowest BCUT2D eigenvalue weighted by Crippen LogP contribution is -2.30. The highest BCUT2D eigenvalue weighted by Crippen LogP contribution is 2.12. The van der Waals surface area contributed by atoms with E-state index < -0.39 is 5.97 Å². The summed E-state index contributed by atoms with van der Waals surface area (Å²) in [6.45, 7) is 1.51. The molecular formula is C11H14N2O3. The van der Waals surface area contributed by atoms with Gasteiger partial charge in [-0.1, -0.05) is 0 Å². The Morgan fingerprint density at radius 3 is 3.00 bits per heavy atom. The largest absolute Gasteiger partial charge is 0.478 e. The number of anilines is 1. The Morgan fingerprint density at radius 2 is 2.44 bits per heavy atom. The lowest BCUT2D eigenvalue weighted by Gasteiger charge is -2.23. The van der Waals surface area contributed by atoms with Gasteiger partial charge in [-0.2, -0.15) is 0 Å². The van der Waals surface area contributed by atoms with Crippen LogP contribution in [0.15, 0.2) is 18.3 Å². The molecule has 1 atom stereocenters. The summed E-state index contributed by atoms with van der Waals surface area (Å²) >= 11 is 0. The number of nitrogens with one attached hydrogen (secondary N) is 1. The van der Waals surface area contributed by atoms with Crippen LogP contribution < -0.4 is 5.32 Å². The predicted molar refractivity (Wildman–Crippen MR) is 58.7 cm³/mol. The Balaban J connectivity index is 1.96. The SMILES string of the molecule is O=C(O)c1ccc(NC2CCCOC2)nc1. The van der Waals surface area contributed by atoms with Crippen molar-refractivity contribution in [2.24, 2.45) is 0 Å². The quantitative estimate of drug-likeness (QED) is 0.808. The van der Waals surface area contributed by atoms with Crippen LogP contribution in [0.3, 0.4) is 0 Å². The van der Waals surface area contributed by atoms with Crippen LogP contribution in [0.5, 0.6) is 0 Å². The van der Waals surface area contributed by atoms with Crippen LogP contribution in [0.4, 0.5) is 5.82 Å². The monoisotopic (exact) mass is 222 g/mol. The Kier molecular flexibility index (Phi) is 3.36. The van der Waals surface area contributed by atoms with Crippen LogP contribution in [-0.4, -0.2) is 35.3 Å². The maximum absolute atomic E-state index is 10.6. The second-order valence-corrected chi connectivity index (χ2v) is 3.80. The van der Waals surface area contributed by atoms with Gasteiger partial charge in [0.1, 0.15) is 5.82 Å². The molecule has 2 heterocycles. The summed E-state index contributed by atoms with van der Waals surface area (Å²) in [5, 5.41) is 11.9. The highest BCUT2D eigenvalue weighted by Gasteiger charge is 2.13. The molecule has 1 unspecified atom stereocenters. The van der Waals surface area contributed by atoms with E-state index in [1.165, 1.54) is 6.20 Å². The molecule has 0 bridgehead atoms. The molecule has 0 saturated carbocycles. The van der Waals surface area contributed by atoms with Crippen LogP contribution in [0.1, 0.15) is 23.2 Å². The number of carboxylic acids is 1. The third kappa shape index (κ3) is 2.70. The van der Waals surface area contributed by atoms with Gasteiger partial charge < -0.3 is 15.2 Å². The molecule has 1 saturated heterocycles. The Labute approximate surface area is 93.5 Å². The lowest BCUT2D eigenvalue weighted by molar-refractivity contribution is 0.0696. The minimum atomic E-state index is -0.958. The van der Waals surface area contributed by atoms with E-state index in [0.717, 1.165) is 19.4 Å². The fourth-order valence-electron chi connectivity index (χ4n) is 1.67. The van der Waals surface area contributed by atoms with Crippen LogP contribution in [0.2, 0.25) is 0 Å². The van der Waals surface area contributed by atoms with Crippen LogP contribution in [0.25, 0.3) is 0 Å². The minimum Gasteiger partial charge on any atom is -0.478 e. The van der Waals surface area contributed by atoms with Crippen molar-refractivity contribution < 1.29 is 14.6 Å². The summed E-state index contributed by atoms with van der Waals surface area (Å²) in [6.07, 6.45) is 3.46. The highest BCUT2D eigenvalue weighted by atomic mass is 16.5. The van der Waals surface area contributed by atoms with E-state index in [4.69, 9.17) is 9.84 Å². The molecule has 0 amide bonds. The molecule has 1 aromatic heterocycles. The second-order valence-electron chi connectivity index (χ2n) is 3.80. The zero-order valence-corrected chi connectivity index (χ0v) is 8.85. The number of aromatic carboxylic acids is 1. The van der Waals surface area contributed by atoms with Crippen molar-refractivity contribution >= 4 is 11.8 Å². The Hall–Kier alpha value is -1.62. The third-order valence-electron chi connectivity index (χ3n) is 2.52. The van der Waals surface area contributed by atoms with Gasteiger partial charge in [-0.05, 0) is 25.0 Å². The van der Waals surface area contributed by atoms with E-state index >= 15 is 0 Å². The summed E-state index contributed by atoms with van der Waals surface area (Å²) in [5.74, 6) is -0.263. The predicted octanol–water partition coefficient (Wildman–Crippen LogP) is 1.37. The zero-order valence-electron chi connectivity index (χ0n) is 8.85. The van der Waals surface area contributed by atoms with Crippen molar-refractivity contribution in [2.75, 3.05) is 18.5 Å². The molecule has 0 aromatic carbocycles. The number of carbonyl (C=O) groups is 1. The average molecular weight is 222 g/mol. The normalized spacial score (nSPS) is 20.4. The lowest BCUT2D eigenvalue weighted by atomic mass is 10.1. The molecule has 0 spiro atoms. The summed E-state index contributed by atoms with van der Waals surface area (Å²) in [6, 6.07) is 3.50. The molecule has 2 N–H and O–H groups in total. The minimum absolute atomic E-state index is 0.199. The van der Waals surface area contributed by atoms with Crippen molar-refractivity contribution in [3.8, 4) is 0 Å². The Bertz CT molecular complexity index is 358. The van der Waals surface area contributed by atoms with E-state index in [-0.39, 0.29) is 11.6 Å². The van der Waals surface area contributed by atoms with Gasteiger partial charge in [0.2, 0.25) is 0 Å². The number of aromatic nitrogens is 1. The van der Waals surface area contributed by atoms with Gasteiger partial charge in [-0.3, -0.25) is 0 Å². The van der Waals surface area contributed by atoms with Crippen LogP contribution >= 0.6 is 0 Å². The van der Waals surface area contributed by atoms with Crippen LogP contribution in [-0.2, 0) is 4.74 Å². The van der Waals surface area contributed by atoms with E-state index in [1.807, 2.05) is 0 Å². The standard InChI is InChI=1S/C11H14N2O3/c14-11(15)8-3-4-10(12-6-8)13-9-2-1-5-16-7-9/h3-4,6,9H,1-2,5,7H2,(H,12,13)(H,14,15). The maximum atomic E-state index is 10.6. The van der Waals surface area contributed by atoms with Gasteiger partial charge in [-0.25, -0.2) is 9.78 Å². The van der Waals surface area contributed by atoms with Gasteiger partial charge in [0.05, 0.1) is 18.2 Å². The molecule has 1 fully saturated rings. The third-order valence-corrected chi connectivity index (χ3v) is 2.52. The second kappa shape index (κ2) is 4.94. The van der Waals surface area contributed by atoms with Crippen molar-refractivity contribution in [3.05, 3.63) is 23.9 Å². The molecule has 5 heteroatoms. The van der Waals surface area contributed by atoms with Gasteiger partial charge in [0.15, 0.2) is 0 Å². The summed E-state index contributed by atoms with van der Waals surface area (Å²) < 4.78 is 5.33.